The summed E-state index contributed by atoms with van der Waals surface area (Å²) < 4.78 is 28.2. The fraction of sp³-hybridized carbons (Fsp3) is 0.263. The van der Waals surface area contributed by atoms with Gasteiger partial charge in [-0.25, -0.2) is 8.78 Å². The molecular weight excluding hydrogens is 266 g/mol. The monoisotopic (exact) mass is 284 g/mol. The number of hydrogen-bond donors (Lipinski definition) is 0. The predicted molar refractivity (Wildman–Crippen MR) is 84.7 cm³/mol. The van der Waals surface area contributed by atoms with E-state index in [2.05, 4.69) is 25.1 Å². The van der Waals surface area contributed by atoms with Gasteiger partial charge in [0.05, 0.1) is 0 Å². The summed E-state index contributed by atoms with van der Waals surface area (Å²) in [5.41, 5.74) is 1.66. The number of aryl methyl sites for hydroxylation is 2. The molecule has 3 aromatic carbocycles. The van der Waals surface area contributed by atoms with Crippen molar-refractivity contribution in [2.24, 2.45) is 0 Å². The molecule has 21 heavy (non-hydrogen) atoms. The van der Waals surface area contributed by atoms with Crippen LogP contribution in [0.4, 0.5) is 8.78 Å². The quantitative estimate of drug-likeness (QED) is 0.534. The van der Waals surface area contributed by atoms with Crippen LogP contribution < -0.4 is 0 Å². The Morgan fingerprint density at radius 2 is 1.62 bits per heavy atom. The van der Waals surface area contributed by atoms with Crippen molar-refractivity contribution in [3.8, 4) is 0 Å². The molecule has 0 amide bonds. The van der Waals surface area contributed by atoms with Gasteiger partial charge in [-0.05, 0) is 58.3 Å². The van der Waals surface area contributed by atoms with Gasteiger partial charge in [-0.3, -0.25) is 0 Å². The van der Waals surface area contributed by atoms with Gasteiger partial charge in [0.25, 0.3) is 0 Å². The van der Waals surface area contributed by atoms with Crippen LogP contribution in [-0.4, -0.2) is 0 Å². The second-order valence-corrected chi connectivity index (χ2v) is 5.52. The molecule has 0 aliphatic carbocycles. The van der Waals surface area contributed by atoms with Gasteiger partial charge in [0.1, 0.15) is 0 Å². The fourth-order valence-corrected chi connectivity index (χ4v) is 2.89. The molecule has 0 N–H and O–H groups in total. The van der Waals surface area contributed by atoms with Gasteiger partial charge in [-0.15, -0.1) is 0 Å². The van der Waals surface area contributed by atoms with E-state index in [0.29, 0.717) is 17.4 Å². The van der Waals surface area contributed by atoms with E-state index < -0.39 is 11.6 Å². The Balaban J connectivity index is 2.30. The van der Waals surface area contributed by atoms with E-state index in [0.717, 1.165) is 29.0 Å². The zero-order chi connectivity index (χ0) is 15.0. The number of benzene rings is 3. The van der Waals surface area contributed by atoms with Crippen LogP contribution in [0.2, 0.25) is 0 Å². The second-order valence-electron chi connectivity index (χ2n) is 5.52. The summed E-state index contributed by atoms with van der Waals surface area (Å²) in [6.45, 7) is 3.97. The highest BCUT2D eigenvalue weighted by Gasteiger charge is 2.13. The zero-order valence-electron chi connectivity index (χ0n) is 12.3. The molecule has 0 aromatic heterocycles. The van der Waals surface area contributed by atoms with Crippen LogP contribution in [-0.2, 0) is 12.8 Å². The Bertz CT molecular complexity index is 819. The summed E-state index contributed by atoms with van der Waals surface area (Å²) in [6.07, 6.45) is 2.56. The Hall–Kier alpha value is -1.96. The van der Waals surface area contributed by atoms with Crippen molar-refractivity contribution in [2.45, 2.75) is 33.1 Å². The van der Waals surface area contributed by atoms with E-state index in [1.807, 2.05) is 13.0 Å². The van der Waals surface area contributed by atoms with E-state index in [1.54, 1.807) is 12.1 Å². The molecule has 0 radical (unpaired) electrons. The van der Waals surface area contributed by atoms with Crippen LogP contribution in [0.15, 0.2) is 36.4 Å². The lowest BCUT2D eigenvalue weighted by molar-refractivity contribution is 0.508. The Labute approximate surface area is 123 Å². The molecule has 108 valence electrons. The first-order valence-corrected chi connectivity index (χ1v) is 7.47. The Morgan fingerprint density at radius 1 is 0.810 bits per heavy atom. The zero-order valence-corrected chi connectivity index (χ0v) is 12.3. The number of hydrogen-bond acceptors (Lipinski definition) is 0. The molecule has 0 nitrogen and oxygen atoms in total. The standard InChI is InChI=1S/C19H18F2/c1-3-5-12-6-7-14-10-16-9-13(4-2)18(20)19(21)17(16)11-15(14)8-12/h6-11H,3-5H2,1-2H3. The van der Waals surface area contributed by atoms with Crippen LogP contribution in [0.1, 0.15) is 31.4 Å². The molecule has 0 bridgehead atoms. The molecule has 0 aliphatic rings. The van der Waals surface area contributed by atoms with Crippen LogP contribution in [0, 0.1) is 11.6 Å². The van der Waals surface area contributed by atoms with E-state index in [1.165, 1.54) is 5.56 Å². The largest absolute Gasteiger partial charge is 0.203 e. The molecule has 0 spiro atoms. The maximum Gasteiger partial charge on any atom is 0.166 e. The molecular formula is C19H18F2. The first-order chi connectivity index (χ1) is 10.1. The van der Waals surface area contributed by atoms with Gasteiger partial charge in [0.2, 0.25) is 0 Å². The lowest BCUT2D eigenvalue weighted by atomic mass is 9.98. The van der Waals surface area contributed by atoms with Crippen molar-refractivity contribution in [3.05, 3.63) is 59.2 Å². The SMILES string of the molecule is CCCc1ccc2cc3cc(CC)c(F)c(F)c3cc2c1. The van der Waals surface area contributed by atoms with Gasteiger partial charge in [0, 0.05) is 5.39 Å². The smallest absolute Gasteiger partial charge is 0.166 e. The minimum atomic E-state index is -0.729. The molecule has 0 unspecified atom stereocenters. The highest BCUT2D eigenvalue weighted by Crippen LogP contribution is 2.29. The molecule has 3 rings (SSSR count). The van der Waals surface area contributed by atoms with Crippen molar-refractivity contribution >= 4 is 21.5 Å². The average Bonchev–Trinajstić information content (AvgIpc) is 2.50. The number of fused-ring (bicyclic) bond motifs is 2. The summed E-state index contributed by atoms with van der Waals surface area (Å²) in [7, 11) is 0. The van der Waals surface area contributed by atoms with E-state index >= 15 is 0 Å². The summed E-state index contributed by atoms with van der Waals surface area (Å²) in [4.78, 5) is 0. The maximum absolute atomic E-state index is 14.2. The third kappa shape index (κ3) is 2.39. The van der Waals surface area contributed by atoms with Gasteiger partial charge >= 0.3 is 0 Å². The molecule has 0 atom stereocenters. The Kier molecular flexibility index (Phi) is 3.62. The summed E-state index contributed by atoms with van der Waals surface area (Å²) >= 11 is 0. The van der Waals surface area contributed by atoms with Crippen LogP contribution in [0.25, 0.3) is 21.5 Å². The fourth-order valence-electron chi connectivity index (χ4n) is 2.89. The van der Waals surface area contributed by atoms with Crippen LogP contribution in [0.5, 0.6) is 0 Å². The van der Waals surface area contributed by atoms with E-state index in [4.69, 9.17) is 0 Å². The van der Waals surface area contributed by atoms with Crippen LogP contribution >= 0.6 is 0 Å². The molecule has 2 heteroatoms. The van der Waals surface area contributed by atoms with Gasteiger partial charge in [-0.2, -0.15) is 0 Å². The summed E-state index contributed by atoms with van der Waals surface area (Å²) in [5.74, 6) is -1.44. The predicted octanol–water partition coefficient (Wildman–Crippen LogP) is 5.79. The van der Waals surface area contributed by atoms with Crippen molar-refractivity contribution in [3.63, 3.8) is 0 Å². The van der Waals surface area contributed by atoms with Gasteiger partial charge in [0.15, 0.2) is 11.6 Å². The van der Waals surface area contributed by atoms with Gasteiger partial charge < -0.3 is 0 Å². The molecule has 0 fully saturated rings. The third-order valence-electron chi connectivity index (χ3n) is 4.03. The van der Waals surface area contributed by atoms with E-state index in [-0.39, 0.29) is 0 Å². The minimum absolute atomic E-state index is 0.367. The van der Waals surface area contributed by atoms with Gasteiger partial charge in [-0.1, -0.05) is 38.5 Å². The van der Waals surface area contributed by atoms with Crippen molar-refractivity contribution in [1.82, 2.24) is 0 Å². The van der Waals surface area contributed by atoms with Crippen molar-refractivity contribution < 1.29 is 8.78 Å². The molecule has 0 saturated heterocycles. The first kappa shape index (κ1) is 14.0. The van der Waals surface area contributed by atoms with Crippen LogP contribution in [0.3, 0.4) is 0 Å². The Morgan fingerprint density at radius 3 is 2.33 bits per heavy atom. The second kappa shape index (κ2) is 5.44. The van der Waals surface area contributed by atoms with Crippen molar-refractivity contribution in [1.29, 1.82) is 0 Å². The van der Waals surface area contributed by atoms with Crippen molar-refractivity contribution in [2.75, 3.05) is 0 Å². The molecule has 0 aliphatic heterocycles. The first-order valence-electron chi connectivity index (χ1n) is 7.47. The topological polar surface area (TPSA) is 0 Å². The molecule has 3 aromatic rings. The maximum atomic E-state index is 14.2. The third-order valence-corrected chi connectivity index (χ3v) is 4.03. The van der Waals surface area contributed by atoms with E-state index in [9.17, 15) is 8.78 Å². The number of halogens is 2. The lowest BCUT2D eigenvalue weighted by Crippen LogP contribution is -1.95. The minimum Gasteiger partial charge on any atom is -0.203 e. The summed E-state index contributed by atoms with van der Waals surface area (Å²) in [6, 6.07) is 11.7. The number of rotatable bonds is 3. The molecule has 0 saturated carbocycles. The average molecular weight is 284 g/mol. The summed E-state index contributed by atoms with van der Waals surface area (Å²) in [5, 5.41) is 3.17. The highest BCUT2D eigenvalue weighted by molar-refractivity contribution is 5.99. The molecule has 0 heterocycles. The highest BCUT2D eigenvalue weighted by atomic mass is 19.2. The normalized spacial score (nSPS) is 11.4. The lowest BCUT2D eigenvalue weighted by Gasteiger charge is -2.09.